The highest BCUT2D eigenvalue weighted by molar-refractivity contribution is 5.68. The molecule has 0 radical (unpaired) electrons. The Morgan fingerprint density at radius 1 is 1.20 bits per heavy atom. The minimum atomic E-state index is -0.233. The third-order valence-corrected chi connectivity index (χ3v) is 3.41. The largest absolute Gasteiger partial charge is 0.339 e. The Hall–Kier alpha value is -1.87. The van der Waals surface area contributed by atoms with E-state index in [4.69, 9.17) is 5.73 Å². The highest BCUT2D eigenvalue weighted by Crippen LogP contribution is 2.33. The van der Waals surface area contributed by atoms with Crippen LogP contribution in [0, 0.1) is 12.7 Å². The van der Waals surface area contributed by atoms with Gasteiger partial charge in [-0.3, -0.25) is 0 Å². The first kappa shape index (κ1) is 14.5. The van der Waals surface area contributed by atoms with Gasteiger partial charge in [0.1, 0.15) is 5.82 Å². The van der Waals surface area contributed by atoms with E-state index < -0.39 is 0 Å². The standard InChI is InChI=1S/C17H21FN2/c1-4-20(14-8-5-7-12(2)11-14)17-15(13(3)19)9-6-10-16(17)18/h5-11,13H,4,19H2,1-3H3. The summed E-state index contributed by atoms with van der Waals surface area (Å²) in [6.45, 7) is 6.61. The van der Waals surface area contributed by atoms with Crippen molar-refractivity contribution < 1.29 is 4.39 Å². The van der Waals surface area contributed by atoms with Crippen LogP contribution in [-0.2, 0) is 0 Å². The number of anilines is 2. The van der Waals surface area contributed by atoms with E-state index in [1.807, 2.05) is 49.9 Å². The molecular formula is C17H21FN2. The van der Waals surface area contributed by atoms with E-state index in [2.05, 4.69) is 6.07 Å². The lowest BCUT2D eigenvalue weighted by Gasteiger charge is -2.27. The first-order valence-corrected chi connectivity index (χ1v) is 6.92. The highest BCUT2D eigenvalue weighted by atomic mass is 19.1. The van der Waals surface area contributed by atoms with Crippen molar-refractivity contribution in [1.29, 1.82) is 0 Å². The number of halogens is 1. The zero-order valence-electron chi connectivity index (χ0n) is 12.2. The van der Waals surface area contributed by atoms with Gasteiger partial charge in [0.15, 0.2) is 0 Å². The molecule has 2 N–H and O–H groups in total. The van der Waals surface area contributed by atoms with Crippen LogP contribution in [0.3, 0.4) is 0 Å². The summed E-state index contributed by atoms with van der Waals surface area (Å²) in [5.74, 6) is -0.233. The number of benzene rings is 2. The van der Waals surface area contributed by atoms with Crippen molar-refractivity contribution in [3.63, 3.8) is 0 Å². The smallest absolute Gasteiger partial charge is 0.147 e. The molecular weight excluding hydrogens is 251 g/mol. The van der Waals surface area contributed by atoms with Crippen LogP contribution in [-0.4, -0.2) is 6.54 Å². The number of nitrogens with two attached hydrogens (primary N) is 1. The van der Waals surface area contributed by atoms with Gasteiger partial charge in [0, 0.05) is 18.3 Å². The maximum Gasteiger partial charge on any atom is 0.147 e. The molecule has 0 saturated heterocycles. The highest BCUT2D eigenvalue weighted by Gasteiger charge is 2.18. The average Bonchev–Trinajstić information content (AvgIpc) is 2.41. The van der Waals surface area contributed by atoms with Crippen molar-refractivity contribution in [2.45, 2.75) is 26.8 Å². The number of rotatable bonds is 4. The number of hydrogen-bond donors (Lipinski definition) is 1. The topological polar surface area (TPSA) is 29.3 Å². The van der Waals surface area contributed by atoms with E-state index in [0.717, 1.165) is 16.8 Å². The summed E-state index contributed by atoms with van der Waals surface area (Å²) < 4.78 is 14.3. The fourth-order valence-electron chi connectivity index (χ4n) is 2.45. The lowest BCUT2D eigenvalue weighted by molar-refractivity contribution is 0.620. The molecule has 0 aliphatic rings. The molecule has 2 rings (SSSR count). The minimum absolute atomic E-state index is 0.209. The van der Waals surface area contributed by atoms with Crippen LogP contribution >= 0.6 is 0 Å². The van der Waals surface area contributed by atoms with Gasteiger partial charge in [-0.25, -0.2) is 4.39 Å². The molecule has 2 aromatic rings. The van der Waals surface area contributed by atoms with Gasteiger partial charge in [-0.1, -0.05) is 24.3 Å². The van der Waals surface area contributed by atoms with Crippen molar-refractivity contribution in [1.82, 2.24) is 0 Å². The molecule has 2 nitrogen and oxygen atoms in total. The summed E-state index contributed by atoms with van der Waals surface area (Å²) in [6.07, 6.45) is 0. The Kier molecular flexibility index (Phi) is 4.40. The molecule has 0 aliphatic carbocycles. The van der Waals surface area contributed by atoms with Gasteiger partial charge in [0.2, 0.25) is 0 Å². The van der Waals surface area contributed by atoms with E-state index in [1.165, 1.54) is 6.07 Å². The molecule has 0 aromatic heterocycles. The molecule has 20 heavy (non-hydrogen) atoms. The Bertz CT molecular complexity index is 593. The maximum absolute atomic E-state index is 14.3. The first-order valence-electron chi connectivity index (χ1n) is 6.92. The molecule has 0 amide bonds. The fourth-order valence-corrected chi connectivity index (χ4v) is 2.45. The van der Waals surface area contributed by atoms with Gasteiger partial charge < -0.3 is 10.6 Å². The van der Waals surface area contributed by atoms with Crippen molar-refractivity contribution >= 4 is 11.4 Å². The van der Waals surface area contributed by atoms with Crippen LogP contribution in [0.2, 0.25) is 0 Å². The van der Waals surface area contributed by atoms with Crippen molar-refractivity contribution in [2.75, 3.05) is 11.4 Å². The Labute approximate surface area is 120 Å². The summed E-state index contributed by atoms with van der Waals surface area (Å²) in [6, 6.07) is 12.9. The van der Waals surface area contributed by atoms with Gasteiger partial charge in [-0.05, 0) is 50.1 Å². The van der Waals surface area contributed by atoms with Crippen LogP contribution in [0.5, 0.6) is 0 Å². The van der Waals surface area contributed by atoms with E-state index in [9.17, 15) is 4.39 Å². The Morgan fingerprint density at radius 3 is 2.50 bits per heavy atom. The molecule has 1 atom stereocenters. The zero-order valence-corrected chi connectivity index (χ0v) is 12.2. The molecule has 0 bridgehead atoms. The molecule has 3 heteroatoms. The lowest BCUT2D eigenvalue weighted by atomic mass is 10.0. The summed E-state index contributed by atoms with van der Waals surface area (Å²) in [5, 5.41) is 0. The van der Waals surface area contributed by atoms with Crippen LogP contribution in [0.25, 0.3) is 0 Å². The van der Waals surface area contributed by atoms with E-state index in [1.54, 1.807) is 6.07 Å². The molecule has 1 unspecified atom stereocenters. The number of para-hydroxylation sites is 1. The number of nitrogens with zero attached hydrogens (tertiary/aromatic N) is 1. The quantitative estimate of drug-likeness (QED) is 0.898. The second-order valence-electron chi connectivity index (χ2n) is 5.05. The summed E-state index contributed by atoms with van der Waals surface area (Å²) >= 11 is 0. The van der Waals surface area contributed by atoms with Gasteiger partial charge >= 0.3 is 0 Å². The predicted octanol–water partition coefficient (Wildman–Crippen LogP) is 4.31. The molecule has 0 saturated carbocycles. The first-order chi connectivity index (χ1) is 9.54. The van der Waals surface area contributed by atoms with Gasteiger partial charge in [0.05, 0.1) is 5.69 Å². The van der Waals surface area contributed by atoms with E-state index in [0.29, 0.717) is 12.2 Å². The maximum atomic E-state index is 14.3. The zero-order chi connectivity index (χ0) is 14.7. The number of aryl methyl sites for hydroxylation is 1. The molecule has 0 spiro atoms. The van der Waals surface area contributed by atoms with E-state index >= 15 is 0 Å². The number of hydrogen-bond acceptors (Lipinski definition) is 2. The second-order valence-corrected chi connectivity index (χ2v) is 5.05. The van der Waals surface area contributed by atoms with Crippen LogP contribution in [0.1, 0.15) is 31.0 Å². The monoisotopic (exact) mass is 272 g/mol. The Balaban J connectivity index is 2.57. The molecule has 0 aliphatic heterocycles. The third kappa shape index (κ3) is 2.83. The van der Waals surface area contributed by atoms with Crippen molar-refractivity contribution in [3.8, 4) is 0 Å². The molecule has 0 fully saturated rings. The van der Waals surface area contributed by atoms with Gasteiger partial charge in [-0.15, -0.1) is 0 Å². The second kappa shape index (κ2) is 6.06. The lowest BCUT2D eigenvalue weighted by Crippen LogP contribution is -2.21. The Morgan fingerprint density at radius 2 is 1.90 bits per heavy atom. The fraction of sp³-hybridized carbons (Fsp3) is 0.294. The SMILES string of the molecule is CCN(c1cccc(C)c1)c1c(F)cccc1C(C)N. The summed E-state index contributed by atoms with van der Waals surface area (Å²) in [7, 11) is 0. The summed E-state index contributed by atoms with van der Waals surface area (Å²) in [4.78, 5) is 1.97. The molecule has 0 heterocycles. The molecule has 2 aromatic carbocycles. The average molecular weight is 272 g/mol. The van der Waals surface area contributed by atoms with Crippen LogP contribution in [0.4, 0.5) is 15.8 Å². The third-order valence-electron chi connectivity index (χ3n) is 3.41. The van der Waals surface area contributed by atoms with Crippen molar-refractivity contribution in [2.24, 2.45) is 5.73 Å². The predicted molar refractivity (Wildman–Crippen MR) is 82.9 cm³/mol. The minimum Gasteiger partial charge on any atom is -0.339 e. The molecule has 106 valence electrons. The van der Waals surface area contributed by atoms with Crippen molar-refractivity contribution in [3.05, 3.63) is 59.4 Å². The van der Waals surface area contributed by atoms with Gasteiger partial charge in [-0.2, -0.15) is 0 Å². The van der Waals surface area contributed by atoms with E-state index in [-0.39, 0.29) is 11.9 Å². The van der Waals surface area contributed by atoms with Crippen LogP contribution < -0.4 is 10.6 Å². The summed E-state index contributed by atoms with van der Waals surface area (Å²) in [5.41, 5.74) is 9.54. The van der Waals surface area contributed by atoms with Gasteiger partial charge in [0.25, 0.3) is 0 Å². The van der Waals surface area contributed by atoms with Crippen LogP contribution in [0.15, 0.2) is 42.5 Å². The normalized spacial score (nSPS) is 12.2.